The van der Waals surface area contributed by atoms with Crippen LogP contribution < -0.4 is 4.74 Å². The Labute approximate surface area is 139 Å². The van der Waals surface area contributed by atoms with Crippen molar-refractivity contribution in [3.8, 4) is 5.75 Å². The standard InChI is InChI=1S/C18H18N2O2S/c1-12-8-9-13(10-15(12)22-3)18(21)20(2)11-17-19-14-6-4-5-7-16(14)23-17/h4-10H,11H2,1-3H3. The van der Waals surface area contributed by atoms with E-state index in [1.807, 2.05) is 43.3 Å². The molecule has 3 aromatic rings. The second kappa shape index (κ2) is 6.38. The number of methoxy groups -OCH3 is 1. The molecule has 0 saturated heterocycles. The second-order valence-corrected chi connectivity index (χ2v) is 6.54. The molecule has 0 aliphatic carbocycles. The van der Waals surface area contributed by atoms with Gasteiger partial charge in [0.25, 0.3) is 5.91 Å². The molecule has 0 fully saturated rings. The van der Waals surface area contributed by atoms with E-state index in [0.717, 1.165) is 26.5 Å². The van der Waals surface area contributed by atoms with Crippen LogP contribution in [-0.4, -0.2) is 29.9 Å². The molecule has 1 amide bonds. The molecule has 0 bridgehead atoms. The lowest BCUT2D eigenvalue weighted by Crippen LogP contribution is -2.26. The number of aryl methyl sites for hydroxylation is 1. The number of para-hydroxylation sites is 1. The van der Waals surface area contributed by atoms with Gasteiger partial charge in [-0.3, -0.25) is 4.79 Å². The molecule has 3 rings (SSSR count). The Bertz CT molecular complexity index is 824. The van der Waals surface area contributed by atoms with Crippen molar-refractivity contribution in [1.29, 1.82) is 0 Å². The van der Waals surface area contributed by atoms with Crippen LogP contribution in [0, 0.1) is 6.92 Å². The van der Waals surface area contributed by atoms with Gasteiger partial charge in [-0.2, -0.15) is 0 Å². The third-order valence-corrected chi connectivity index (χ3v) is 4.73. The van der Waals surface area contributed by atoms with E-state index in [4.69, 9.17) is 4.74 Å². The number of nitrogens with zero attached hydrogens (tertiary/aromatic N) is 2. The van der Waals surface area contributed by atoms with Crippen molar-refractivity contribution >= 4 is 27.5 Å². The summed E-state index contributed by atoms with van der Waals surface area (Å²) in [5.41, 5.74) is 2.61. The highest BCUT2D eigenvalue weighted by Gasteiger charge is 2.15. The zero-order valence-corrected chi connectivity index (χ0v) is 14.2. The van der Waals surface area contributed by atoms with Crippen LogP contribution in [0.4, 0.5) is 0 Å². The van der Waals surface area contributed by atoms with Gasteiger partial charge in [-0.05, 0) is 36.8 Å². The maximum absolute atomic E-state index is 12.6. The fourth-order valence-electron chi connectivity index (χ4n) is 2.44. The van der Waals surface area contributed by atoms with Crippen molar-refractivity contribution in [2.75, 3.05) is 14.2 Å². The zero-order chi connectivity index (χ0) is 16.4. The molecule has 0 radical (unpaired) electrons. The minimum absolute atomic E-state index is 0.0393. The van der Waals surface area contributed by atoms with Gasteiger partial charge in [0.05, 0.1) is 23.9 Å². The highest BCUT2D eigenvalue weighted by Crippen LogP contribution is 2.24. The second-order valence-electron chi connectivity index (χ2n) is 5.42. The lowest BCUT2D eigenvalue weighted by Gasteiger charge is -2.16. The number of fused-ring (bicyclic) bond motifs is 1. The molecule has 0 N–H and O–H groups in total. The minimum Gasteiger partial charge on any atom is -0.496 e. The first-order valence-corrected chi connectivity index (χ1v) is 8.14. The quantitative estimate of drug-likeness (QED) is 0.730. The summed E-state index contributed by atoms with van der Waals surface area (Å²) in [6.07, 6.45) is 0. The smallest absolute Gasteiger partial charge is 0.254 e. The van der Waals surface area contributed by atoms with E-state index in [9.17, 15) is 4.79 Å². The van der Waals surface area contributed by atoms with Gasteiger partial charge in [-0.1, -0.05) is 18.2 Å². The first-order valence-electron chi connectivity index (χ1n) is 7.33. The van der Waals surface area contributed by atoms with Crippen LogP contribution in [0.25, 0.3) is 10.2 Å². The summed E-state index contributed by atoms with van der Waals surface area (Å²) in [6, 6.07) is 13.5. The Hall–Kier alpha value is -2.40. The molecule has 0 aliphatic heterocycles. The number of carbonyl (C=O) groups excluding carboxylic acids is 1. The van der Waals surface area contributed by atoms with Crippen molar-refractivity contribution < 1.29 is 9.53 Å². The van der Waals surface area contributed by atoms with Gasteiger partial charge < -0.3 is 9.64 Å². The number of aromatic nitrogens is 1. The van der Waals surface area contributed by atoms with Crippen molar-refractivity contribution in [1.82, 2.24) is 9.88 Å². The van der Waals surface area contributed by atoms with Crippen LogP contribution in [0.1, 0.15) is 20.9 Å². The topological polar surface area (TPSA) is 42.4 Å². The molecule has 0 aliphatic rings. The summed E-state index contributed by atoms with van der Waals surface area (Å²) >= 11 is 1.62. The third-order valence-electron chi connectivity index (χ3n) is 3.71. The van der Waals surface area contributed by atoms with Crippen LogP contribution >= 0.6 is 11.3 Å². The van der Waals surface area contributed by atoms with Gasteiger partial charge in [0, 0.05) is 12.6 Å². The molecule has 4 nitrogen and oxygen atoms in total. The molecule has 118 valence electrons. The number of hydrogen-bond donors (Lipinski definition) is 0. The SMILES string of the molecule is COc1cc(C(=O)N(C)Cc2nc3ccccc3s2)ccc1C. The maximum Gasteiger partial charge on any atom is 0.254 e. The van der Waals surface area contributed by atoms with Crippen molar-refractivity contribution in [3.63, 3.8) is 0 Å². The fourth-order valence-corrected chi connectivity index (χ4v) is 3.46. The molecule has 2 aromatic carbocycles. The van der Waals surface area contributed by atoms with Crippen LogP contribution in [-0.2, 0) is 6.54 Å². The Morgan fingerprint density at radius 1 is 1.26 bits per heavy atom. The third kappa shape index (κ3) is 3.19. The van der Waals surface area contributed by atoms with Gasteiger partial charge in [0.2, 0.25) is 0 Å². The number of thiazole rings is 1. The Morgan fingerprint density at radius 2 is 2.04 bits per heavy atom. The molecular formula is C18H18N2O2S. The highest BCUT2D eigenvalue weighted by molar-refractivity contribution is 7.18. The number of amides is 1. The van der Waals surface area contributed by atoms with E-state index in [1.54, 1.807) is 36.5 Å². The summed E-state index contributed by atoms with van der Waals surface area (Å²) < 4.78 is 6.43. The van der Waals surface area contributed by atoms with Crippen molar-refractivity contribution in [3.05, 3.63) is 58.6 Å². The first-order chi connectivity index (χ1) is 11.1. The summed E-state index contributed by atoms with van der Waals surface area (Å²) in [5.74, 6) is 0.687. The van der Waals surface area contributed by atoms with E-state index in [1.165, 1.54) is 0 Å². The number of carbonyl (C=O) groups is 1. The lowest BCUT2D eigenvalue weighted by atomic mass is 10.1. The normalized spacial score (nSPS) is 10.7. The van der Waals surface area contributed by atoms with E-state index >= 15 is 0 Å². The lowest BCUT2D eigenvalue weighted by molar-refractivity contribution is 0.0784. The van der Waals surface area contributed by atoms with Crippen LogP contribution in [0.2, 0.25) is 0 Å². The van der Waals surface area contributed by atoms with Gasteiger partial charge in [-0.15, -0.1) is 11.3 Å². The van der Waals surface area contributed by atoms with E-state index in [0.29, 0.717) is 12.1 Å². The zero-order valence-electron chi connectivity index (χ0n) is 13.4. The van der Waals surface area contributed by atoms with Gasteiger partial charge >= 0.3 is 0 Å². The van der Waals surface area contributed by atoms with Crippen molar-refractivity contribution in [2.24, 2.45) is 0 Å². The molecular weight excluding hydrogens is 308 g/mol. The highest BCUT2D eigenvalue weighted by atomic mass is 32.1. The molecule has 1 heterocycles. The number of ether oxygens (including phenoxy) is 1. The Morgan fingerprint density at radius 3 is 2.78 bits per heavy atom. The fraction of sp³-hybridized carbons (Fsp3) is 0.222. The molecule has 5 heteroatoms. The van der Waals surface area contributed by atoms with Crippen molar-refractivity contribution in [2.45, 2.75) is 13.5 Å². The molecule has 0 atom stereocenters. The molecule has 23 heavy (non-hydrogen) atoms. The Balaban J connectivity index is 1.79. The van der Waals surface area contributed by atoms with Gasteiger partial charge in [-0.25, -0.2) is 4.98 Å². The van der Waals surface area contributed by atoms with E-state index in [2.05, 4.69) is 4.98 Å². The van der Waals surface area contributed by atoms with Crippen LogP contribution in [0.3, 0.4) is 0 Å². The number of benzene rings is 2. The van der Waals surface area contributed by atoms with Gasteiger partial charge in [0.1, 0.15) is 10.8 Å². The average Bonchev–Trinajstić information content (AvgIpc) is 2.96. The molecule has 0 spiro atoms. The van der Waals surface area contributed by atoms with Crippen LogP contribution in [0.5, 0.6) is 5.75 Å². The van der Waals surface area contributed by atoms with E-state index < -0.39 is 0 Å². The van der Waals surface area contributed by atoms with Gasteiger partial charge in [0.15, 0.2) is 0 Å². The Kier molecular flexibility index (Phi) is 4.30. The molecule has 0 saturated carbocycles. The summed E-state index contributed by atoms with van der Waals surface area (Å²) in [5, 5.41) is 0.932. The summed E-state index contributed by atoms with van der Waals surface area (Å²) in [7, 11) is 3.40. The predicted octanol–water partition coefficient (Wildman–Crippen LogP) is 3.89. The van der Waals surface area contributed by atoms with Crippen LogP contribution in [0.15, 0.2) is 42.5 Å². The monoisotopic (exact) mass is 326 g/mol. The number of rotatable bonds is 4. The summed E-state index contributed by atoms with van der Waals surface area (Å²) in [4.78, 5) is 18.8. The number of hydrogen-bond acceptors (Lipinski definition) is 4. The summed E-state index contributed by atoms with van der Waals surface area (Å²) in [6.45, 7) is 2.45. The maximum atomic E-state index is 12.6. The average molecular weight is 326 g/mol. The molecule has 0 unspecified atom stereocenters. The van der Waals surface area contributed by atoms with E-state index in [-0.39, 0.29) is 5.91 Å². The largest absolute Gasteiger partial charge is 0.496 e. The molecule has 1 aromatic heterocycles. The predicted molar refractivity (Wildman–Crippen MR) is 93.1 cm³/mol. The first kappa shape index (κ1) is 15.5. The minimum atomic E-state index is -0.0393.